The van der Waals surface area contributed by atoms with Crippen molar-refractivity contribution in [2.45, 2.75) is 19.5 Å². The molecule has 148 valence electrons. The summed E-state index contributed by atoms with van der Waals surface area (Å²) < 4.78 is 0. The monoisotopic (exact) mass is 382 g/mol. The van der Waals surface area contributed by atoms with E-state index in [0.29, 0.717) is 6.54 Å². The van der Waals surface area contributed by atoms with Crippen LogP contribution in [0.15, 0.2) is 54.6 Å². The molecule has 7 heteroatoms. The van der Waals surface area contributed by atoms with Crippen molar-refractivity contribution in [2.75, 3.05) is 38.1 Å². The Bertz CT molecular complexity index is 802. The smallest absolute Gasteiger partial charge is 0.269 e. The fraction of sp³-hybridized carbons (Fsp3) is 0.381. The maximum absolute atomic E-state index is 12.8. The highest BCUT2D eigenvalue weighted by Crippen LogP contribution is 2.21. The van der Waals surface area contributed by atoms with Crippen molar-refractivity contribution in [3.8, 4) is 0 Å². The summed E-state index contributed by atoms with van der Waals surface area (Å²) in [7, 11) is 1.85. The Morgan fingerprint density at radius 1 is 1.07 bits per heavy atom. The molecule has 2 aromatic rings. The summed E-state index contributed by atoms with van der Waals surface area (Å²) in [4.78, 5) is 29.4. The molecule has 0 aliphatic carbocycles. The van der Waals surface area contributed by atoms with E-state index in [2.05, 4.69) is 9.80 Å². The first-order valence-electron chi connectivity index (χ1n) is 9.48. The van der Waals surface area contributed by atoms with E-state index in [1.807, 2.05) is 44.3 Å². The topological polar surface area (TPSA) is 69.9 Å². The van der Waals surface area contributed by atoms with Crippen LogP contribution in [0.1, 0.15) is 12.5 Å². The highest BCUT2D eigenvalue weighted by atomic mass is 16.6. The number of benzene rings is 2. The van der Waals surface area contributed by atoms with Gasteiger partial charge in [-0.25, -0.2) is 0 Å². The fourth-order valence-electron chi connectivity index (χ4n) is 3.56. The van der Waals surface area contributed by atoms with Gasteiger partial charge in [0.05, 0.1) is 11.0 Å². The fourth-order valence-corrected chi connectivity index (χ4v) is 3.56. The van der Waals surface area contributed by atoms with E-state index in [-0.39, 0.29) is 22.6 Å². The summed E-state index contributed by atoms with van der Waals surface area (Å²) in [6, 6.07) is 16.5. The number of nitro benzene ring substituents is 1. The van der Waals surface area contributed by atoms with Gasteiger partial charge in [0.2, 0.25) is 5.91 Å². The van der Waals surface area contributed by atoms with Gasteiger partial charge in [0.15, 0.2) is 0 Å². The first-order valence-corrected chi connectivity index (χ1v) is 9.48. The molecule has 1 saturated heterocycles. The summed E-state index contributed by atoms with van der Waals surface area (Å²) in [6.45, 7) is 5.71. The van der Waals surface area contributed by atoms with Crippen LogP contribution >= 0.6 is 0 Å². The molecule has 7 nitrogen and oxygen atoms in total. The lowest BCUT2D eigenvalue weighted by Gasteiger charge is -2.39. The summed E-state index contributed by atoms with van der Waals surface area (Å²) in [5, 5.41) is 10.8. The van der Waals surface area contributed by atoms with Crippen LogP contribution in [0, 0.1) is 10.1 Å². The number of anilines is 1. The molecular weight excluding hydrogens is 356 g/mol. The van der Waals surface area contributed by atoms with Crippen LogP contribution in [0.4, 0.5) is 11.4 Å². The largest absolute Gasteiger partial charge is 0.369 e. The SMILES string of the molecule is C[C@H](C(=O)N(C)Cc1ccccc1)N1CCN(c2ccc([N+](=O)[O-])cc2)CC1. The van der Waals surface area contributed by atoms with Gasteiger partial charge in [-0.1, -0.05) is 30.3 Å². The van der Waals surface area contributed by atoms with Crippen molar-refractivity contribution in [3.63, 3.8) is 0 Å². The van der Waals surface area contributed by atoms with Gasteiger partial charge in [-0.05, 0) is 24.6 Å². The number of piperazine rings is 1. The van der Waals surface area contributed by atoms with Gasteiger partial charge in [0.25, 0.3) is 5.69 Å². The molecule has 0 saturated carbocycles. The number of amides is 1. The lowest BCUT2D eigenvalue weighted by Crippen LogP contribution is -2.54. The molecular formula is C21H26N4O3. The highest BCUT2D eigenvalue weighted by molar-refractivity contribution is 5.81. The Balaban J connectivity index is 1.53. The lowest BCUT2D eigenvalue weighted by molar-refractivity contribution is -0.384. The highest BCUT2D eigenvalue weighted by Gasteiger charge is 2.27. The van der Waals surface area contributed by atoms with Crippen molar-refractivity contribution >= 4 is 17.3 Å². The minimum Gasteiger partial charge on any atom is -0.369 e. The number of rotatable bonds is 6. The number of carbonyl (C=O) groups excluding carboxylic acids is 1. The normalized spacial score (nSPS) is 15.9. The van der Waals surface area contributed by atoms with E-state index < -0.39 is 0 Å². The molecule has 1 aliphatic rings. The number of hydrogen-bond acceptors (Lipinski definition) is 5. The molecule has 2 aromatic carbocycles. The number of hydrogen-bond donors (Lipinski definition) is 0. The molecule has 0 aromatic heterocycles. The van der Waals surface area contributed by atoms with Crippen molar-refractivity contribution in [2.24, 2.45) is 0 Å². The van der Waals surface area contributed by atoms with E-state index in [0.717, 1.165) is 37.4 Å². The van der Waals surface area contributed by atoms with E-state index in [1.165, 1.54) is 12.1 Å². The second-order valence-corrected chi connectivity index (χ2v) is 7.15. The quantitative estimate of drug-likeness (QED) is 0.568. The van der Waals surface area contributed by atoms with Crippen LogP contribution in [0.5, 0.6) is 0 Å². The molecule has 0 bridgehead atoms. The number of likely N-dealkylation sites (N-methyl/N-ethyl adjacent to an activating group) is 1. The molecule has 0 spiro atoms. The van der Waals surface area contributed by atoms with Crippen LogP contribution in [0.2, 0.25) is 0 Å². The average Bonchev–Trinajstić information content (AvgIpc) is 2.73. The predicted octanol–water partition coefficient (Wildman–Crippen LogP) is 2.76. The van der Waals surface area contributed by atoms with Gasteiger partial charge < -0.3 is 9.80 Å². The minimum absolute atomic E-state index is 0.100. The third-order valence-corrected chi connectivity index (χ3v) is 5.28. The van der Waals surface area contributed by atoms with Crippen molar-refractivity contribution in [3.05, 3.63) is 70.3 Å². The van der Waals surface area contributed by atoms with Crippen molar-refractivity contribution in [1.29, 1.82) is 0 Å². The molecule has 0 N–H and O–H groups in total. The standard InChI is InChI=1S/C21H26N4O3/c1-17(21(26)22(2)16-18-6-4-3-5-7-18)23-12-14-24(15-13-23)19-8-10-20(11-9-19)25(27)28/h3-11,17H,12-16H2,1-2H3/t17-/m1/s1. The van der Waals surface area contributed by atoms with Gasteiger partial charge in [-0.2, -0.15) is 0 Å². The number of non-ortho nitro benzene ring substituents is 1. The van der Waals surface area contributed by atoms with E-state index in [9.17, 15) is 14.9 Å². The van der Waals surface area contributed by atoms with Crippen LogP contribution in [0.3, 0.4) is 0 Å². The number of nitro groups is 1. The minimum atomic E-state index is -0.388. The van der Waals surface area contributed by atoms with E-state index in [4.69, 9.17) is 0 Å². The molecule has 0 radical (unpaired) electrons. The van der Waals surface area contributed by atoms with E-state index >= 15 is 0 Å². The van der Waals surface area contributed by atoms with Gasteiger partial charge in [-0.3, -0.25) is 19.8 Å². The van der Waals surface area contributed by atoms with Crippen LogP contribution in [-0.2, 0) is 11.3 Å². The Kier molecular flexibility index (Phi) is 6.26. The lowest BCUT2D eigenvalue weighted by atomic mass is 10.1. The maximum Gasteiger partial charge on any atom is 0.269 e. The van der Waals surface area contributed by atoms with Crippen molar-refractivity contribution < 1.29 is 9.72 Å². The Morgan fingerprint density at radius 3 is 2.25 bits per heavy atom. The summed E-state index contributed by atoms with van der Waals surface area (Å²) in [5.41, 5.74) is 2.20. The van der Waals surface area contributed by atoms with E-state index in [1.54, 1.807) is 17.0 Å². The molecule has 1 aliphatic heterocycles. The van der Waals surface area contributed by atoms with Gasteiger partial charge >= 0.3 is 0 Å². The molecule has 28 heavy (non-hydrogen) atoms. The zero-order valence-corrected chi connectivity index (χ0v) is 16.3. The average molecular weight is 382 g/mol. The predicted molar refractivity (Wildman–Crippen MR) is 109 cm³/mol. The molecule has 3 rings (SSSR count). The van der Waals surface area contributed by atoms with Crippen LogP contribution in [0.25, 0.3) is 0 Å². The van der Waals surface area contributed by atoms with Crippen LogP contribution in [-0.4, -0.2) is 59.9 Å². The molecule has 1 atom stereocenters. The zero-order valence-electron chi connectivity index (χ0n) is 16.3. The maximum atomic E-state index is 12.8. The number of carbonyl (C=O) groups is 1. The number of nitrogens with zero attached hydrogens (tertiary/aromatic N) is 4. The summed E-state index contributed by atoms with van der Waals surface area (Å²) >= 11 is 0. The van der Waals surface area contributed by atoms with Crippen LogP contribution < -0.4 is 4.90 Å². The Hall–Kier alpha value is -2.93. The molecule has 1 fully saturated rings. The first kappa shape index (κ1) is 19.8. The Labute approximate surface area is 165 Å². The van der Waals surface area contributed by atoms with Gasteiger partial charge in [0, 0.05) is 57.6 Å². The molecule has 1 amide bonds. The van der Waals surface area contributed by atoms with Crippen molar-refractivity contribution in [1.82, 2.24) is 9.80 Å². The molecule has 1 heterocycles. The van der Waals surface area contributed by atoms with Gasteiger partial charge in [-0.15, -0.1) is 0 Å². The summed E-state index contributed by atoms with van der Waals surface area (Å²) in [5.74, 6) is 0.118. The second kappa shape index (κ2) is 8.84. The third-order valence-electron chi connectivity index (χ3n) is 5.28. The zero-order chi connectivity index (χ0) is 20.1. The van der Waals surface area contributed by atoms with Gasteiger partial charge in [0.1, 0.15) is 0 Å². The first-order chi connectivity index (χ1) is 13.5. The second-order valence-electron chi connectivity index (χ2n) is 7.15. The molecule has 0 unspecified atom stereocenters. The Morgan fingerprint density at radius 2 is 1.68 bits per heavy atom. The third kappa shape index (κ3) is 4.67. The summed E-state index contributed by atoms with van der Waals surface area (Å²) in [6.07, 6.45) is 0.